The zero-order chi connectivity index (χ0) is 11.2. The van der Waals surface area contributed by atoms with E-state index < -0.39 is 0 Å². The Morgan fingerprint density at radius 1 is 1.19 bits per heavy atom. The molecule has 88 valence electrons. The highest BCUT2D eigenvalue weighted by Gasteiger charge is 2.16. The Morgan fingerprint density at radius 3 is 2.50 bits per heavy atom. The Bertz CT molecular complexity index is 288. The lowest BCUT2D eigenvalue weighted by Crippen LogP contribution is -2.30. The molecule has 1 N–H and O–H groups in total. The van der Waals surface area contributed by atoms with Crippen molar-refractivity contribution in [3.63, 3.8) is 0 Å². The van der Waals surface area contributed by atoms with Crippen molar-refractivity contribution >= 4 is 0 Å². The third-order valence-electron chi connectivity index (χ3n) is 3.77. The molecule has 1 aromatic rings. The predicted octanol–water partition coefficient (Wildman–Crippen LogP) is 3.71. The van der Waals surface area contributed by atoms with E-state index >= 15 is 0 Å². The third kappa shape index (κ3) is 3.08. The molecule has 1 aromatic carbocycles. The van der Waals surface area contributed by atoms with Crippen molar-refractivity contribution in [1.29, 1.82) is 0 Å². The zero-order valence-electron chi connectivity index (χ0n) is 10.3. The van der Waals surface area contributed by atoms with Gasteiger partial charge in [-0.15, -0.1) is 0 Å². The van der Waals surface area contributed by atoms with Crippen LogP contribution in [0.15, 0.2) is 30.3 Å². The summed E-state index contributed by atoms with van der Waals surface area (Å²) in [5.41, 5.74) is 1.48. The lowest BCUT2D eigenvalue weighted by molar-refractivity contribution is 0.481. The highest BCUT2D eigenvalue weighted by Crippen LogP contribution is 2.21. The Hall–Kier alpha value is -0.820. The normalized spacial score (nSPS) is 18.8. The van der Waals surface area contributed by atoms with Crippen LogP contribution in [-0.4, -0.2) is 12.6 Å². The molecular weight excluding hydrogens is 194 g/mol. The molecule has 0 saturated heterocycles. The van der Waals surface area contributed by atoms with E-state index in [-0.39, 0.29) is 0 Å². The standard InChI is InChI=1S/C15H23N/c1-2-13(14-8-4-3-5-9-14)12-16-15-10-6-7-11-15/h3-5,8-9,13,15-16H,2,6-7,10-12H2,1H3. The van der Waals surface area contributed by atoms with Crippen LogP contribution in [0.3, 0.4) is 0 Å². The quantitative estimate of drug-likeness (QED) is 0.792. The molecule has 0 radical (unpaired) electrons. The average molecular weight is 217 g/mol. The highest BCUT2D eigenvalue weighted by atomic mass is 14.9. The van der Waals surface area contributed by atoms with Crippen LogP contribution in [0.1, 0.15) is 50.5 Å². The summed E-state index contributed by atoms with van der Waals surface area (Å²) in [5, 5.41) is 3.73. The van der Waals surface area contributed by atoms with Crippen LogP contribution in [0, 0.1) is 0 Å². The van der Waals surface area contributed by atoms with Gasteiger partial charge in [-0.05, 0) is 30.7 Å². The Labute approximate surface area is 99.3 Å². The molecule has 0 aromatic heterocycles. The van der Waals surface area contributed by atoms with Gasteiger partial charge in [-0.2, -0.15) is 0 Å². The summed E-state index contributed by atoms with van der Waals surface area (Å²) >= 11 is 0. The zero-order valence-corrected chi connectivity index (χ0v) is 10.3. The first kappa shape index (κ1) is 11.7. The van der Waals surface area contributed by atoms with Crippen molar-refractivity contribution in [3.8, 4) is 0 Å². The molecule has 0 bridgehead atoms. The van der Waals surface area contributed by atoms with E-state index in [9.17, 15) is 0 Å². The fraction of sp³-hybridized carbons (Fsp3) is 0.600. The lowest BCUT2D eigenvalue weighted by Gasteiger charge is -2.19. The second-order valence-electron chi connectivity index (χ2n) is 4.91. The van der Waals surface area contributed by atoms with Crippen molar-refractivity contribution in [2.45, 2.75) is 51.0 Å². The minimum Gasteiger partial charge on any atom is -0.313 e. The van der Waals surface area contributed by atoms with Crippen molar-refractivity contribution in [2.24, 2.45) is 0 Å². The van der Waals surface area contributed by atoms with Gasteiger partial charge in [-0.1, -0.05) is 50.1 Å². The van der Waals surface area contributed by atoms with E-state index in [1.807, 2.05) is 0 Å². The third-order valence-corrected chi connectivity index (χ3v) is 3.77. The Balaban J connectivity index is 1.85. The topological polar surface area (TPSA) is 12.0 Å². The van der Waals surface area contributed by atoms with Gasteiger partial charge in [0.1, 0.15) is 0 Å². The lowest BCUT2D eigenvalue weighted by atomic mass is 9.96. The molecule has 1 atom stereocenters. The summed E-state index contributed by atoms with van der Waals surface area (Å²) in [6, 6.07) is 11.7. The molecule has 1 nitrogen and oxygen atoms in total. The molecular formula is C15H23N. The summed E-state index contributed by atoms with van der Waals surface area (Å²) in [4.78, 5) is 0. The molecule has 0 spiro atoms. The van der Waals surface area contributed by atoms with Crippen molar-refractivity contribution in [2.75, 3.05) is 6.54 Å². The summed E-state index contributed by atoms with van der Waals surface area (Å²) in [6.07, 6.45) is 6.82. The van der Waals surface area contributed by atoms with E-state index in [1.165, 1.54) is 37.7 Å². The van der Waals surface area contributed by atoms with Crippen LogP contribution in [0.4, 0.5) is 0 Å². The molecule has 1 fully saturated rings. The van der Waals surface area contributed by atoms with E-state index in [0.717, 1.165) is 12.6 Å². The first-order chi connectivity index (χ1) is 7.90. The second-order valence-corrected chi connectivity index (χ2v) is 4.91. The number of rotatable bonds is 5. The second kappa shape index (κ2) is 6.05. The molecule has 0 aliphatic heterocycles. The van der Waals surface area contributed by atoms with Gasteiger partial charge in [-0.3, -0.25) is 0 Å². The largest absolute Gasteiger partial charge is 0.313 e. The number of benzene rings is 1. The maximum atomic E-state index is 3.73. The van der Waals surface area contributed by atoms with Gasteiger partial charge in [0, 0.05) is 12.6 Å². The SMILES string of the molecule is CCC(CNC1CCCC1)c1ccccc1. The van der Waals surface area contributed by atoms with Gasteiger partial charge in [-0.25, -0.2) is 0 Å². The van der Waals surface area contributed by atoms with Crippen LogP contribution >= 0.6 is 0 Å². The smallest absolute Gasteiger partial charge is 0.00673 e. The molecule has 2 rings (SSSR count). The maximum Gasteiger partial charge on any atom is 0.00673 e. The van der Waals surface area contributed by atoms with E-state index in [2.05, 4.69) is 42.6 Å². The van der Waals surface area contributed by atoms with Crippen molar-refractivity contribution in [1.82, 2.24) is 5.32 Å². The van der Waals surface area contributed by atoms with Gasteiger partial charge >= 0.3 is 0 Å². The first-order valence-corrected chi connectivity index (χ1v) is 6.68. The van der Waals surface area contributed by atoms with Crippen LogP contribution in [0.5, 0.6) is 0 Å². The molecule has 1 unspecified atom stereocenters. The molecule has 16 heavy (non-hydrogen) atoms. The average Bonchev–Trinajstić information content (AvgIpc) is 2.84. The van der Waals surface area contributed by atoms with E-state index in [0.29, 0.717) is 5.92 Å². The van der Waals surface area contributed by atoms with Gasteiger partial charge in [0.25, 0.3) is 0 Å². The van der Waals surface area contributed by atoms with Crippen LogP contribution in [0.2, 0.25) is 0 Å². The molecule has 1 aliphatic carbocycles. The maximum absolute atomic E-state index is 3.73. The molecule has 0 heterocycles. The summed E-state index contributed by atoms with van der Waals surface area (Å²) < 4.78 is 0. The predicted molar refractivity (Wildman–Crippen MR) is 69.7 cm³/mol. The molecule has 1 saturated carbocycles. The molecule has 1 aliphatic rings. The van der Waals surface area contributed by atoms with Gasteiger partial charge in [0.15, 0.2) is 0 Å². The van der Waals surface area contributed by atoms with E-state index in [4.69, 9.17) is 0 Å². The Morgan fingerprint density at radius 2 is 1.88 bits per heavy atom. The van der Waals surface area contributed by atoms with Crippen molar-refractivity contribution in [3.05, 3.63) is 35.9 Å². The van der Waals surface area contributed by atoms with Gasteiger partial charge in [0.05, 0.1) is 0 Å². The molecule has 1 heteroatoms. The van der Waals surface area contributed by atoms with Crippen molar-refractivity contribution < 1.29 is 0 Å². The summed E-state index contributed by atoms with van der Waals surface area (Å²) in [5.74, 6) is 0.682. The van der Waals surface area contributed by atoms with Crippen LogP contribution in [0.25, 0.3) is 0 Å². The fourth-order valence-corrected chi connectivity index (χ4v) is 2.66. The Kier molecular flexibility index (Phi) is 4.41. The number of hydrogen-bond acceptors (Lipinski definition) is 1. The van der Waals surface area contributed by atoms with E-state index in [1.54, 1.807) is 0 Å². The monoisotopic (exact) mass is 217 g/mol. The van der Waals surface area contributed by atoms with Crippen LogP contribution in [-0.2, 0) is 0 Å². The summed E-state index contributed by atoms with van der Waals surface area (Å²) in [7, 11) is 0. The molecule has 0 amide bonds. The van der Waals surface area contributed by atoms with Crippen LogP contribution < -0.4 is 5.32 Å². The first-order valence-electron chi connectivity index (χ1n) is 6.68. The fourth-order valence-electron chi connectivity index (χ4n) is 2.66. The summed E-state index contributed by atoms with van der Waals surface area (Å²) in [6.45, 7) is 3.43. The highest BCUT2D eigenvalue weighted by molar-refractivity contribution is 5.19. The van der Waals surface area contributed by atoms with Gasteiger partial charge in [0.2, 0.25) is 0 Å². The van der Waals surface area contributed by atoms with Gasteiger partial charge < -0.3 is 5.32 Å². The number of hydrogen-bond donors (Lipinski definition) is 1. The number of nitrogens with one attached hydrogen (secondary N) is 1. The minimum atomic E-state index is 0.682. The minimum absolute atomic E-state index is 0.682.